The number of ether oxygens (including phenoxy) is 1. The van der Waals surface area contributed by atoms with Crippen LogP contribution in [-0.2, 0) is 9.59 Å². The highest BCUT2D eigenvalue weighted by Crippen LogP contribution is 2.51. The topological polar surface area (TPSA) is 117 Å². The summed E-state index contributed by atoms with van der Waals surface area (Å²) in [5, 5.41) is 6.25. The van der Waals surface area contributed by atoms with E-state index in [0.717, 1.165) is 11.1 Å². The number of hydrogen-bond acceptors (Lipinski definition) is 7. The van der Waals surface area contributed by atoms with Gasteiger partial charge in [-0.25, -0.2) is 14.8 Å². The standard InChI is InChI=1S/C28H26N6O4S/c1-3-22(35)33-13-10-17(15-33)31-26(36)25-24-23-20(9-12-30-27(23)39-25)34(28(37)32-24)19-8-7-18(14-16(19)2)38-21-6-4-5-11-29-21/h3-9,11-12,14,17,24-25H,1,10,13,15H2,2H3,(H,31,36)(H,32,37)/t17?,24?,25-/m1/s1. The molecular weight excluding hydrogens is 516 g/mol. The molecule has 3 aliphatic heterocycles. The summed E-state index contributed by atoms with van der Waals surface area (Å²) in [6.45, 7) is 6.45. The number of rotatable bonds is 6. The minimum atomic E-state index is -0.570. The Morgan fingerprint density at radius 1 is 1.18 bits per heavy atom. The third-order valence-corrected chi connectivity index (χ3v) is 8.34. The fraction of sp³-hybridized carbons (Fsp3) is 0.250. The lowest BCUT2D eigenvalue weighted by Crippen LogP contribution is -2.50. The summed E-state index contributed by atoms with van der Waals surface area (Å²) in [7, 11) is 0. The predicted octanol–water partition coefficient (Wildman–Crippen LogP) is 3.86. The van der Waals surface area contributed by atoms with E-state index in [-0.39, 0.29) is 23.9 Å². The number of pyridine rings is 2. The number of nitrogens with zero attached hydrogens (tertiary/aromatic N) is 4. The Kier molecular flexibility index (Phi) is 6.43. The molecule has 3 aromatic rings. The predicted molar refractivity (Wildman–Crippen MR) is 146 cm³/mol. The summed E-state index contributed by atoms with van der Waals surface area (Å²) in [6.07, 6.45) is 5.27. The van der Waals surface area contributed by atoms with E-state index in [4.69, 9.17) is 4.74 Å². The summed E-state index contributed by atoms with van der Waals surface area (Å²) >= 11 is 1.35. The molecule has 0 aliphatic carbocycles. The second-order valence-electron chi connectivity index (χ2n) is 9.55. The number of aromatic nitrogens is 2. The number of anilines is 2. The minimum absolute atomic E-state index is 0.144. The second kappa shape index (κ2) is 10.1. The largest absolute Gasteiger partial charge is 0.439 e. The van der Waals surface area contributed by atoms with E-state index < -0.39 is 11.3 Å². The zero-order valence-electron chi connectivity index (χ0n) is 21.2. The van der Waals surface area contributed by atoms with Crippen LogP contribution in [0.3, 0.4) is 0 Å². The quantitative estimate of drug-likeness (QED) is 0.455. The summed E-state index contributed by atoms with van der Waals surface area (Å²) in [4.78, 5) is 50.8. The van der Waals surface area contributed by atoms with Crippen molar-refractivity contribution in [3.8, 4) is 11.6 Å². The Morgan fingerprint density at radius 3 is 2.82 bits per heavy atom. The second-order valence-corrected chi connectivity index (χ2v) is 10.7. The number of carbonyl (C=O) groups is 3. The number of carbonyl (C=O) groups excluding carboxylic acids is 3. The molecule has 1 aromatic carbocycles. The maximum Gasteiger partial charge on any atom is 0.327 e. The van der Waals surface area contributed by atoms with Gasteiger partial charge in [0.15, 0.2) is 0 Å². The molecule has 0 saturated carbocycles. The Labute approximate surface area is 229 Å². The molecule has 10 nitrogen and oxygen atoms in total. The summed E-state index contributed by atoms with van der Waals surface area (Å²) in [5.41, 5.74) is 3.05. The fourth-order valence-corrected chi connectivity index (χ4v) is 6.46. The van der Waals surface area contributed by atoms with Gasteiger partial charge in [-0.2, -0.15) is 0 Å². The van der Waals surface area contributed by atoms with E-state index in [1.807, 2.05) is 31.2 Å². The van der Waals surface area contributed by atoms with E-state index in [1.165, 1.54) is 17.8 Å². The number of urea groups is 1. The molecule has 3 atom stereocenters. The average Bonchev–Trinajstić information content (AvgIpc) is 3.55. The number of amides is 4. The van der Waals surface area contributed by atoms with Crippen LogP contribution in [-0.4, -0.2) is 57.1 Å². The Bertz CT molecular complexity index is 1480. The van der Waals surface area contributed by atoms with Gasteiger partial charge in [-0.05, 0) is 55.3 Å². The maximum atomic E-state index is 13.5. The minimum Gasteiger partial charge on any atom is -0.439 e. The Hall–Kier alpha value is -4.38. The molecule has 0 bridgehead atoms. The van der Waals surface area contributed by atoms with Crippen molar-refractivity contribution in [2.24, 2.45) is 0 Å². The van der Waals surface area contributed by atoms with E-state index in [2.05, 4.69) is 27.2 Å². The lowest BCUT2D eigenvalue weighted by Gasteiger charge is -2.35. The molecule has 39 heavy (non-hydrogen) atoms. The van der Waals surface area contributed by atoms with Gasteiger partial charge < -0.3 is 20.3 Å². The molecule has 198 valence electrons. The lowest BCUT2D eigenvalue weighted by atomic mass is 9.99. The van der Waals surface area contributed by atoms with Crippen LogP contribution >= 0.6 is 11.8 Å². The number of benzene rings is 1. The lowest BCUT2D eigenvalue weighted by molar-refractivity contribution is -0.126. The van der Waals surface area contributed by atoms with Crippen molar-refractivity contribution in [1.29, 1.82) is 0 Å². The van der Waals surface area contributed by atoms with Crippen molar-refractivity contribution in [1.82, 2.24) is 25.5 Å². The van der Waals surface area contributed by atoms with Crippen LogP contribution in [0.2, 0.25) is 0 Å². The van der Waals surface area contributed by atoms with Crippen molar-refractivity contribution in [2.45, 2.75) is 35.7 Å². The normalized spacial score (nSPS) is 21.3. The highest BCUT2D eigenvalue weighted by Gasteiger charge is 2.47. The molecule has 2 N–H and O–H groups in total. The third-order valence-electron chi connectivity index (χ3n) is 7.05. The smallest absolute Gasteiger partial charge is 0.327 e. The van der Waals surface area contributed by atoms with E-state index in [9.17, 15) is 14.4 Å². The molecule has 11 heteroatoms. The van der Waals surface area contributed by atoms with Gasteiger partial charge in [-0.3, -0.25) is 14.5 Å². The first kappa shape index (κ1) is 24.9. The first-order chi connectivity index (χ1) is 18.9. The number of hydrogen-bond donors (Lipinski definition) is 2. The van der Waals surface area contributed by atoms with E-state index in [0.29, 0.717) is 47.5 Å². The van der Waals surface area contributed by atoms with Gasteiger partial charge in [0, 0.05) is 43.2 Å². The summed E-state index contributed by atoms with van der Waals surface area (Å²) < 4.78 is 5.85. The van der Waals surface area contributed by atoms with Gasteiger partial charge in [-0.15, -0.1) is 0 Å². The van der Waals surface area contributed by atoms with Crippen molar-refractivity contribution < 1.29 is 19.1 Å². The van der Waals surface area contributed by atoms with Crippen molar-refractivity contribution in [2.75, 3.05) is 18.0 Å². The number of aryl methyl sites for hydroxylation is 1. The molecule has 5 heterocycles. The van der Waals surface area contributed by atoms with Crippen LogP contribution in [0, 0.1) is 6.92 Å². The molecule has 4 amide bonds. The molecule has 0 radical (unpaired) electrons. The summed E-state index contributed by atoms with van der Waals surface area (Å²) in [6, 6.07) is 11.7. The van der Waals surface area contributed by atoms with Crippen LogP contribution in [0.4, 0.5) is 16.2 Å². The SMILES string of the molecule is C=CC(=O)N1CCC(NC(=O)[C@@H]2Sc3nccc4c3C2NC(=O)N4c2ccc(Oc3ccccn3)cc2C)C1. The first-order valence-electron chi connectivity index (χ1n) is 12.6. The molecular formula is C28H26N6O4S. The number of likely N-dealkylation sites (tertiary alicyclic amines) is 1. The van der Waals surface area contributed by atoms with Crippen LogP contribution in [0.1, 0.15) is 23.6 Å². The van der Waals surface area contributed by atoms with Crippen molar-refractivity contribution in [3.63, 3.8) is 0 Å². The van der Waals surface area contributed by atoms with Gasteiger partial charge in [0.25, 0.3) is 0 Å². The van der Waals surface area contributed by atoms with Gasteiger partial charge >= 0.3 is 6.03 Å². The van der Waals surface area contributed by atoms with Gasteiger partial charge in [0.2, 0.25) is 17.7 Å². The van der Waals surface area contributed by atoms with Crippen LogP contribution in [0.25, 0.3) is 0 Å². The van der Waals surface area contributed by atoms with Gasteiger partial charge in [-0.1, -0.05) is 24.4 Å². The van der Waals surface area contributed by atoms with Crippen molar-refractivity contribution in [3.05, 3.63) is 78.6 Å². The molecule has 2 unspecified atom stereocenters. The first-order valence-corrected chi connectivity index (χ1v) is 13.5. The fourth-order valence-electron chi connectivity index (χ4n) is 5.23. The monoisotopic (exact) mass is 542 g/mol. The zero-order valence-corrected chi connectivity index (χ0v) is 22.0. The maximum absolute atomic E-state index is 13.5. The van der Waals surface area contributed by atoms with Crippen LogP contribution in [0.15, 0.2) is 72.5 Å². The highest BCUT2D eigenvalue weighted by atomic mass is 32.2. The van der Waals surface area contributed by atoms with Crippen LogP contribution < -0.4 is 20.3 Å². The average molecular weight is 543 g/mol. The molecule has 1 saturated heterocycles. The molecule has 1 fully saturated rings. The third kappa shape index (κ3) is 4.59. The molecule has 6 rings (SSSR count). The van der Waals surface area contributed by atoms with E-state index >= 15 is 0 Å². The van der Waals surface area contributed by atoms with E-state index in [1.54, 1.807) is 40.4 Å². The summed E-state index contributed by atoms with van der Waals surface area (Å²) in [5.74, 6) is 0.759. The zero-order chi connectivity index (χ0) is 27.1. The number of thioether (sulfide) groups is 1. The highest BCUT2D eigenvalue weighted by molar-refractivity contribution is 8.01. The van der Waals surface area contributed by atoms with Gasteiger partial charge in [0.1, 0.15) is 16.0 Å². The molecule has 3 aliphatic rings. The van der Waals surface area contributed by atoms with Gasteiger partial charge in [0.05, 0.1) is 17.4 Å². The van der Waals surface area contributed by atoms with Crippen molar-refractivity contribution >= 4 is 41.0 Å². The molecule has 2 aromatic heterocycles. The van der Waals surface area contributed by atoms with Crippen LogP contribution in [0.5, 0.6) is 11.6 Å². The Balaban J connectivity index is 1.23. The Morgan fingerprint density at radius 2 is 2.05 bits per heavy atom. The number of nitrogens with one attached hydrogen (secondary N) is 2. The molecule has 0 spiro atoms.